The molecule has 0 bridgehead atoms. The van der Waals surface area contributed by atoms with E-state index in [4.69, 9.17) is 9.47 Å². The van der Waals surface area contributed by atoms with E-state index < -0.39 is 23.8 Å². The average Bonchev–Trinajstić information content (AvgIpc) is 3.28. The van der Waals surface area contributed by atoms with Crippen molar-refractivity contribution in [2.24, 2.45) is 13.0 Å². The van der Waals surface area contributed by atoms with Crippen LogP contribution in [0.1, 0.15) is 30.7 Å². The van der Waals surface area contributed by atoms with Gasteiger partial charge in [-0.25, -0.2) is 4.79 Å². The molecule has 1 aromatic heterocycles. The maximum absolute atomic E-state index is 13.3. The SMILES string of the molecule is CCOC(=O)/C(=C1\C(=O)Nc2ccccc21)C(Cc1c(C)n(C)c2ccccc12)C(=O)OCC. The first kappa shape index (κ1) is 23.3. The number of nitrogens with one attached hydrogen (secondary N) is 1. The van der Waals surface area contributed by atoms with Gasteiger partial charge in [0.05, 0.1) is 30.3 Å². The summed E-state index contributed by atoms with van der Waals surface area (Å²) < 4.78 is 12.8. The molecule has 0 saturated carbocycles. The second kappa shape index (κ2) is 9.55. The molecule has 7 nitrogen and oxygen atoms in total. The number of aryl methyl sites for hydroxylation is 1. The zero-order valence-corrected chi connectivity index (χ0v) is 19.8. The second-order valence-corrected chi connectivity index (χ2v) is 8.16. The molecule has 2 aromatic carbocycles. The molecule has 2 heterocycles. The molecule has 4 rings (SSSR count). The van der Waals surface area contributed by atoms with Gasteiger partial charge in [-0.15, -0.1) is 0 Å². The summed E-state index contributed by atoms with van der Waals surface area (Å²) in [6.45, 7) is 5.65. The fourth-order valence-corrected chi connectivity index (χ4v) is 4.62. The van der Waals surface area contributed by atoms with Crippen molar-refractivity contribution < 1.29 is 23.9 Å². The number of benzene rings is 2. The predicted molar refractivity (Wildman–Crippen MR) is 130 cm³/mol. The molecule has 1 aliphatic rings. The molecule has 1 N–H and O–H groups in total. The van der Waals surface area contributed by atoms with Crippen LogP contribution < -0.4 is 5.32 Å². The van der Waals surface area contributed by atoms with Gasteiger partial charge in [0.1, 0.15) is 0 Å². The van der Waals surface area contributed by atoms with E-state index in [9.17, 15) is 14.4 Å². The fraction of sp³-hybridized carbons (Fsp3) is 0.296. The number of nitrogens with zero attached hydrogens (tertiary/aromatic N) is 1. The number of aromatic nitrogens is 1. The Hall–Kier alpha value is -3.87. The summed E-state index contributed by atoms with van der Waals surface area (Å²) in [5, 5.41) is 3.79. The Bertz CT molecular complexity index is 1320. The molecule has 34 heavy (non-hydrogen) atoms. The highest BCUT2D eigenvalue weighted by molar-refractivity contribution is 6.35. The third-order valence-corrected chi connectivity index (χ3v) is 6.29. The zero-order chi connectivity index (χ0) is 24.4. The summed E-state index contributed by atoms with van der Waals surface area (Å²) in [7, 11) is 1.96. The number of hydrogen-bond donors (Lipinski definition) is 1. The average molecular weight is 461 g/mol. The molecule has 3 aromatic rings. The molecular formula is C27H28N2O5. The second-order valence-electron chi connectivity index (χ2n) is 8.16. The monoisotopic (exact) mass is 460 g/mol. The van der Waals surface area contributed by atoms with Crippen molar-refractivity contribution in [3.05, 3.63) is 70.9 Å². The van der Waals surface area contributed by atoms with Crippen LogP contribution in [0, 0.1) is 12.8 Å². The number of anilines is 1. The normalized spacial score (nSPS) is 15.0. The zero-order valence-electron chi connectivity index (χ0n) is 19.8. The van der Waals surface area contributed by atoms with Crippen LogP contribution in [0.3, 0.4) is 0 Å². The summed E-state index contributed by atoms with van der Waals surface area (Å²) in [5.74, 6) is -2.72. The number of fused-ring (bicyclic) bond motifs is 2. The molecule has 0 spiro atoms. The van der Waals surface area contributed by atoms with Crippen molar-refractivity contribution in [2.45, 2.75) is 27.2 Å². The lowest BCUT2D eigenvalue weighted by atomic mass is 9.85. The summed E-state index contributed by atoms with van der Waals surface area (Å²) in [4.78, 5) is 39.7. The smallest absolute Gasteiger partial charge is 0.335 e. The molecule has 0 fully saturated rings. The molecule has 1 atom stereocenters. The predicted octanol–water partition coefficient (Wildman–Crippen LogP) is 4.18. The highest BCUT2D eigenvalue weighted by Crippen LogP contribution is 2.38. The van der Waals surface area contributed by atoms with Gasteiger partial charge < -0.3 is 19.4 Å². The highest BCUT2D eigenvalue weighted by Gasteiger charge is 2.39. The molecular weight excluding hydrogens is 432 g/mol. The van der Waals surface area contributed by atoms with Gasteiger partial charge in [-0.05, 0) is 44.9 Å². The maximum atomic E-state index is 13.3. The van der Waals surface area contributed by atoms with E-state index in [1.165, 1.54) is 0 Å². The minimum atomic E-state index is -1.02. The summed E-state index contributed by atoms with van der Waals surface area (Å²) in [5.41, 5.74) is 4.25. The third kappa shape index (κ3) is 3.98. The van der Waals surface area contributed by atoms with Gasteiger partial charge >= 0.3 is 11.9 Å². The quantitative estimate of drug-likeness (QED) is 0.422. The molecule has 0 aliphatic carbocycles. The van der Waals surface area contributed by atoms with E-state index in [-0.39, 0.29) is 30.8 Å². The van der Waals surface area contributed by atoms with Gasteiger partial charge in [0.15, 0.2) is 0 Å². The van der Waals surface area contributed by atoms with E-state index in [1.807, 2.05) is 38.2 Å². The Morgan fingerprint density at radius 2 is 1.68 bits per heavy atom. The standard InChI is InChI=1S/C27H28N2O5/c1-5-33-26(31)20(15-19-16(3)29(4)22-14-10-8-11-17(19)22)24(27(32)34-6-2)23-18-12-7-9-13-21(18)28-25(23)30/h7-14,20H,5-6,15H2,1-4H3,(H,28,30)/b24-23-. The van der Waals surface area contributed by atoms with Crippen molar-refractivity contribution in [1.82, 2.24) is 4.57 Å². The number of para-hydroxylation sites is 2. The topological polar surface area (TPSA) is 86.6 Å². The van der Waals surface area contributed by atoms with E-state index in [2.05, 4.69) is 9.88 Å². The lowest BCUT2D eigenvalue weighted by molar-refractivity contribution is -0.150. The molecule has 0 saturated heterocycles. The lowest BCUT2D eigenvalue weighted by Crippen LogP contribution is -2.29. The summed E-state index contributed by atoms with van der Waals surface area (Å²) in [6, 6.07) is 15.0. The van der Waals surface area contributed by atoms with Gasteiger partial charge in [0, 0.05) is 34.9 Å². The summed E-state index contributed by atoms with van der Waals surface area (Å²) >= 11 is 0. The minimum absolute atomic E-state index is 0.0232. The van der Waals surface area contributed by atoms with Crippen molar-refractivity contribution >= 4 is 40.0 Å². The Morgan fingerprint density at radius 3 is 2.41 bits per heavy atom. The van der Waals surface area contributed by atoms with Crippen molar-refractivity contribution in [2.75, 3.05) is 18.5 Å². The number of rotatable bonds is 7. The van der Waals surface area contributed by atoms with Gasteiger partial charge in [0.2, 0.25) is 0 Å². The van der Waals surface area contributed by atoms with Crippen molar-refractivity contribution in [3.8, 4) is 0 Å². The van der Waals surface area contributed by atoms with Crippen LogP contribution in [0.2, 0.25) is 0 Å². The number of carbonyl (C=O) groups is 3. The third-order valence-electron chi connectivity index (χ3n) is 6.29. The van der Waals surface area contributed by atoms with Crippen LogP contribution >= 0.6 is 0 Å². The highest BCUT2D eigenvalue weighted by atomic mass is 16.5. The lowest BCUT2D eigenvalue weighted by Gasteiger charge is -2.20. The number of hydrogen-bond acceptors (Lipinski definition) is 5. The first-order chi connectivity index (χ1) is 16.4. The molecule has 1 amide bonds. The molecule has 176 valence electrons. The van der Waals surface area contributed by atoms with Crippen LogP contribution in [0.25, 0.3) is 16.5 Å². The van der Waals surface area contributed by atoms with Crippen LogP contribution in [0.5, 0.6) is 0 Å². The van der Waals surface area contributed by atoms with Gasteiger partial charge in [-0.1, -0.05) is 36.4 Å². The van der Waals surface area contributed by atoms with E-state index >= 15 is 0 Å². The van der Waals surface area contributed by atoms with Crippen molar-refractivity contribution in [3.63, 3.8) is 0 Å². The Kier molecular flexibility index (Phi) is 6.54. The first-order valence-corrected chi connectivity index (χ1v) is 11.4. The number of ether oxygens (including phenoxy) is 2. The fourth-order valence-electron chi connectivity index (χ4n) is 4.62. The van der Waals surface area contributed by atoms with Crippen LogP contribution in [-0.2, 0) is 37.3 Å². The Balaban J connectivity index is 1.95. The van der Waals surface area contributed by atoms with E-state index in [0.29, 0.717) is 11.3 Å². The number of esters is 2. The molecule has 1 unspecified atom stereocenters. The first-order valence-electron chi connectivity index (χ1n) is 11.4. The Morgan fingerprint density at radius 1 is 1.00 bits per heavy atom. The van der Waals surface area contributed by atoms with E-state index in [0.717, 1.165) is 22.2 Å². The largest absolute Gasteiger partial charge is 0.466 e. The number of carbonyl (C=O) groups excluding carboxylic acids is 3. The maximum Gasteiger partial charge on any atom is 0.335 e. The molecule has 0 radical (unpaired) electrons. The van der Waals surface area contributed by atoms with Crippen LogP contribution in [0.4, 0.5) is 5.69 Å². The van der Waals surface area contributed by atoms with Gasteiger partial charge in [-0.3, -0.25) is 9.59 Å². The van der Waals surface area contributed by atoms with E-state index in [1.54, 1.807) is 38.1 Å². The van der Waals surface area contributed by atoms with Gasteiger partial charge in [-0.2, -0.15) is 0 Å². The summed E-state index contributed by atoms with van der Waals surface area (Å²) in [6.07, 6.45) is 0.194. The van der Waals surface area contributed by atoms with Gasteiger partial charge in [0.25, 0.3) is 5.91 Å². The minimum Gasteiger partial charge on any atom is -0.466 e. The molecule has 7 heteroatoms. The molecule has 1 aliphatic heterocycles. The van der Waals surface area contributed by atoms with Crippen molar-refractivity contribution in [1.29, 1.82) is 0 Å². The Labute approximate surface area is 198 Å². The van der Waals surface area contributed by atoms with Crippen LogP contribution in [-0.4, -0.2) is 35.6 Å². The van der Waals surface area contributed by atoms with Crippen LogP contribution in [0.15, 0.2) is 54.1 Å². The number of amides is 1.